The molecule has 182 valence electrons. The summed E-state index contributed by atoms with van der Waals surface area (Å²) in [6, 6.07) is 3.72. The van der Waals surface area contributed by atoms with E-state index in [1.165, 1.54) is 27.9 Å². The van der Waals surface area contributed by atoms with Crippen molar-refractivity contribution in [2.75, 3.05) is 13.1 Å². The quantitative estimate of drug-likeness (QED) is 0.422. The molecule has 1 amide bonds. The molecule has 1 aliphatic rings. The average molecular weight is 482 g/mol. The van der Waals surface area contributed by atoms with Gasteiger partial charge in [-0.05, 0) is 57.9 Å². The molecule has 1 fully saturated rings. The van der Waals surface area contributed by atoms with Gasteiger partial charge in [0.25, 0.3) is 5.56 Å². The summed E-state index contributed by atoms with van der Waals surface area (Å²) in [5.41, 5.74) is 0.691. The highest BCUT2D eigenvalue weighted by molar-refractivity contribution is 5.84. The Morgan fingerprint density at radius 3 is 2.60 bits per heavy atom. The van der Waals surface area contributed by atoms with Gasteiger partial charge in [0.05, 0.1) is 23.6 Å². The van der Waals surface area contributed by atoms with E-state index in [1.54, 1.807) is 50.6 Å². The van der Waals surface area contributed by atoms with Gasteiger partial charge >= 0.3 is 6.09 Å². The van der Waals surface area contributed by atoms with Gasteiger partial charge in [-0.2, -0.15) is 0 Å². The van der Waals surface area contributed by atoms with E-state index < -0.39 is 28.9 Å². The number of ether oxygens (including phenoxy) is 1. The van der Waals surface area contributed by atoms with Gasteiger partial charge in [-0.25, -0.2) is 23.5 Å². The van der Waals surface area contributed by atoms with Gasteiger partial charge in [0, 0.05) is 31.0 Å². The zero-order chi connectivity index (χ0) is 25.1. The molecule has 10 heteroatoms. The summed E-state index contributed by atoms with van der Waals surface area (Å²) in [5, 5.41) is -0.146. The lowest BCUT2D eigenvalue weighted by atomic mass is 10.0. The van der Waals surface area contributed by atoms with Crippen molar-refractivity contribution in [3.05, 3.63) is 64.6 Å². The third-order valence-electron chi connectivity index (χ3n) is 6.01. The number of benzene rings is 1. The number of rotatable bonds is 2. The Kier molecular flexibility index (Phi) is 5.34. The monoisotopic (exact) mass is 481 g/mol. The molecule has 0 radical (unpaired) electrons. The second-order valence-electron chi connectivity index (χ2n) is 9.87. The largest absolute Gasteiger partial charge is 0.444 e. The molecule has 1 aromatic carbocycles. The topological polar surface area (TPSA) is 81.7 Å². The van der Waals surface area contributed by atoms with Crippen molar-refractivity contribution in [1.29, 1.82) is 0 Å². The van der Waals surface area contributed by atoms with Crippen LogP contribution in [0.1, 0.15) is 38.9 Å². The summed E-state index contributed by atoms with van der Waals surface area (Å²) in [6.07, 6.45) is 4.79. The van der Waals surface area contributed by atoms with E-state index in [0.29, 0.717) is 29.8 Å². The molecule has 1 unspecified atom stereocenters. The number of imidazole rings is 1. The van der Waals surface area contributed by atoms with Crippen LogP contribution in [0.15, 0.2) is 41.7 Å². The molecule has 0 N–H and O–H groups in total. The van der Waals surface area contributed by atoms with Crippen LogP contribution in [-0.4, -0.2) is 48.6 Å². The van der Waals surface area contributed by atoms with Gasteiger partial charge in [0.2, 0.25) is 0 Å². The van der Waals surface area contributed by atoms with Gasteiger partial charge in [-0.15, -0.1) is 0 Å². The van der Waals surface area contributed by atoms with Crippen LogP contribution < -0.4 is 5.56 Å². The minimum absolute atomic E-state index is 0.146. The van der Waals surface area contributed by atoms with Crippen LogP contribution in [0.4, 0.5) is 13.6 Å². The van der Waals surface area contributed by atoms with E-state index in [0.717, 1.165) is 0 Å². The number of pyridine rings is 1. The molecule has 4 aromatic rings. The highest BCUT2D eigenvalue weighted by Crippen LogP contribution is 2.28. The standard InChI is InChI=1S/C25H25F2N5O3/c1-14-10-31-11-16(8-19(27)22(31)29-14)15-7-18(26)21-20(9-15)28-13-32(23(21)33)17-5-6-30(12-17)24(34)35-25(2,3)4/h7-11,13,17H,5-6,12H2,1-4H3. The predicted molar refractivity (Wildman–Crippen MR) is 126 cm³/mol. The summed E-state index contributed by atoms with van der Waals surface area (Å²) in [5.74, 6) is -1.27. The van der Waals surface area contributed by atoms with Crippen LogP contribution in [0, 0.1) is 18.6 Å². The Bertz CT molecular complexity index is 1540. The number of aromatic nitrogens is 4. The summed E-state index contributed by atoms with van der Waals surface area (Å²) in [7, 11) is 0. The van der Waals surface area contributed by atoms with Crippen LogP contribution in [-0.2, 0) is 4.74 Å². The molecular weight excluding hydrogens is 456 g/mol. The molecule has 8 nitrogen and oxygen atoms in total. The number of aryl methyl sites for hydroxylation is 1. The number of carbonyl (C=O) groups is 1. The molecule has 4 heterocycles. The van der Waals surface area contributed by atoms with Gasteiger partial charge in [0.1, 0.15) is 16.8 Å². The number of halogens is 2. The molecule has 1 atom stereocenters. The third-order valence-corrected chi connectivity index (χ3v) is 6.01. The van der Waals surface area contributed by atoms with Crippen molar-refractivity contribution in [3.63, 3.8) is 0 Å². The van der Waals surface area contributed by atoms with Crippen LogP contribution in [0.3, 0.4) is 0 Å². The average Bonchev–Trinajstić information content (AvgIpc) is 3.39. The number of amides is 1. The summed E-state index contributed by atoms with van der Waals surface area (Å²) in [4.78, 5) is 35.6. The van der Waals surface area contributed by atoms with Crippen LogP contribution in [0.25, 0.3) is 27.7 Å². The number of nitrogens with zero attached hydrogens (tertiary/aromatic N) is 5. The first-order valence-electron chi connectivity index (χ1n) is 11.3. The second kappa shape index (κ2) is 8.14. The number of fused-ring (bicyclic) bond motifs is 2. The van der Waals surface area contributed by atoms with E-state index in [1.807, 2.05) is 0 Å². The lowest BCUT2D eigenvalue weighted by Gasteiger charge is -2.24. The number of carbonyl (C=O) groups excluding carboxylic acids is 1. The van der Waals surface area contributed by atoms with Crippen LogP contribution in [0.2, 0.25) is 0 Å². The minimum Gasteiger partial charge on any atom is -0.444 e. The van der Waals surface area contributed by atoms with Gasteiger partial charge in [-0.3, -0.25) is 9.36 Å². The van der Waals surface area contributed by atoms with Gasteiger partial charge in [-0.1, -0.05) is 0 Å². The number of hydrogen-bond acceptors (Lipinski definition) is 5. The smallest absolute Gasteiger partial charge is 0.410 e. The maximum absolute atomic E-state index is 15.2. The Morgan fingerprint density at radius 1 is 1.11 bits per heavy atom. The van der Waals surface area contributed by atoms with Gasteiger partial charge in [0.15, 0.2) is 11.5 Å². The molecular formula is C25H25F2N5O3. The molecule has 0 saturated carbocycles. The van der Waals surface area contributed by atoms with Crippen molar-refractivity contribution in [3.8, 4) is 11.1 Å². The van der Waals surface area contributed by atoms with Crippen LogP contribution in [0.5, 0.6) is 0 Å². The summed E-state index contributed by atoms with van der Waals surface area (Å²) >= 11 is 0. The maximum Gasteiger partial charge on any atom is 0.410 e. The van der Waals surface area contributed by atoms with Crippen LogP contribution >= 0.6 is 0 Å². The third kappa shape index (κ3) is 4.24. The van der Waals surface area contributed by atoms with Crippen molar-refractivity contribution in [2.24, 2.45) is 0 Å². The molecule has 35 heavy (non-hydrogen) atoms. The fourth-order valence-corrected chi connectivity index (χ4v) is 4.44. The Morgan fingerprint density at radius 2 is 1.86 bits per heavy atom. The van der Waals surface area contributed by atoms with E-state index in [2.05, 4.69) is 9.97 Å². The zero-order valence-corrected chi connectivity index (χ0v) is 19.9. The molecule has 0 spiro atoms. The maximum atomic E-state index is 15.2. The molecule has 0 aliphatic carbocycles. The van der Waals surface area contributed by atoms with E-state index in [4.69, 9.17) is 4.74 Å². The Hall–Kier alpha value is -3.82. The Balaban J connectivity index is 1.48. The highest BCUT2D eigenvalue weighted by Gasteiger charge is 2.31. The SMILES string of the molecule is Cc1cn2cc(-c3cc(F)c4c(=O)n(C5CCN(C(=O)OC(C)(C)C)C5)cnc4c3)cc(F)c2n1. The fourth-order valence-electron chi connectivity index (χ4n) is 4.44. The van der Waals surface area contributed by atoms with E-state index >= 15 is 4.39 Å². The molecule has 0 bridgehead atoms. The van der Waals surface area contributed by atoms with E-state index in [-0.39, 0.29) is 29.1 Å². The molecule has 1 saturated heterocycles. The first-order valence-corrected chi connectivity index (χ1v) is 11.3. The number of hydrogen-bond donors (Lipinski definition) is 0. The first-order chi connectivity index (χ1) is 16.5. The summed E-state index contributed by atoms with van der Waals surface area (Å²) < 4.78 is 38.1. The number of likely N-dealkylation sites (tertiary alicyclic amines) is 1. The van der Waals surface area contributed by atoms with E-state index in [9.17, 15) is 14.0 Å². The lowest BCUT2D eigenvalue weighted by molar-refractivity contribution is 0.0289. The van der Waals surface area contributed by atoms with Crippen molar-refractivity contribution in [1.82, 2.24) is 23.8 Å². The minimum atomic E-state index is -0.742. The molecule has 3 aromatic heterocycles. The first kappa shape index (κ1) is 22.9. The van der Waals surface area contributed by atoms with Crippen molar-refractivity contribution >= 4 is 22.6 Å². The second-order valence-corrected chi connectivity index (χ2v) is 9.87. The fraction of sp³-hybridized carbons (Fsp3) is 0.360. The molecule has 1 aliphatic heterocycles. The van der Waals surface area contributed by atoms with Crippen molar-refractivity contribution < 1.29 is 18.3 Å². The Labute approximate surface area is 199 Å². The molecule has 5 rings (SSSR count). The lowest BCUT2D eigenvalue weighted by Crippen LogP contribution is -2.36. The van der Waals surface area contributed by atoms with Crippen molar-refractivity contribution in [2.45, 2.75) is 45.8 Å². The zero-order valence-electron chi connectivity index (χ0n) is 19.9. The predicted octanol–water partition coefficient (Wildman–Crippen LogP) is 4.48. The highest BCUT2D eigenvalue weighted by atomic mass is 19.1. The van der Waals surface area contributed by atoms with Gasteiger partial charge < -0.3 is 14.0 Å². The normalized spacial score (nSPS) is 16.4. The summed E-state index contributed by atoms with van der Waals surface area (Å²) in [6.45, 7) is 7.81.